The van der Waals surface area contributed by atoms with Crippen LogP contribution in [0.25, 0.3) is 32.0 Å². The van der Waals surface area contributed by atoms with E-state index in [9.17, 15) is 45.1 Å². The van der Waals surface area contributed by atoms with Gasteiger partial charge < -0.3 is 11.1 Å². The van der Waals surface area contributed by atoms with Crippen molar-refractivity contribution < 1.29 is 53.9 Å². The molecule has 3 aromatic heterocycles. The maximum atomic E-state index is 15.3. The minimum Gasteiger partial charge on any atom is -0.366 e. The first-order chi connectivity index (χ1) is 27.3. The van der Waals surface area contributed by atoms with Gasteiger partial charge in [-0.25, -0.2) is 27.5 Å². The molecule has 3 aromatic carbocycles. The van der Waals surface area contributed by atoms with E-state index in [0.29, 0.717) is 15.4 Å². The van der Waals surface area contributed by atoms with Crippen molar-refractivity contribution in [2.75, 3.05) is 0 Å². The topological polar surface area (TPSA) is 133 Å². The van der Waals surface area contributed by atoms with Crippen LogP contribution in [0.2, 0.25) is 0 Å². The number of fused-ring (bicyclic) bond motifs is 4. The molecule has 0 aliphatic heterocycles. The average Bonchev–Trinajstić information content (AvgIpc) is 3.59. The molecule has 19 heteroatoms. The summed E-state index contributed by atoms with van der Waals surface area (Å²) in [7, 11) is 0. The van der Waals surface area contributed by atoms with Crippen molar-refractivity contribution in [1.29, 1.82) is 0 Å². The Morgan fingerprint density at radius 2 is 1.59 bits per heavy atom. The second-order valence-electron chi connectivity index (χ2n) is 14.0. The average molecular weight is 829 g/mol. The van der Waals surface area contributed by atoms with Crippen molar-refractivity contribution in [3.8, 4) is 21.7 Å². The molecule has 58 heavy (non-hydrogen) atoms. The van der Waals surface area contributed by atoms with Crippen LogP contribution in [0.4, 0.5) is 39.5 Å². The smallest absolute Gasteiger partial charge is 0.366 e. The lowest BCUT2D eigenvalue weighted by Gasteiger charge is -2.23. The van der Waals surface area contributed by atoms with Crippen LogP contribution >= 0.6 is 11.3 Å². The Balaban J connectivity index is 1.27. The third kappa shape index (κ3) is 6.86. The molecule has 2 amide bonds. The summed E-state index contributed by atoms with van der Waals surface area (Å²) in [5.74, 6) is -12.8. The van der Waals surface area contributed by atoms with E-state index in [4.69, 9.17) is 5.73 Å². The largest absolute Gasteiger partial charge is 0.435 e. The first-order valence-electron chi connectivity index (χ1n) is 17.3. The molecule has 0 bridgehead atoms. The summed E-state index contributed by atoms with van der Waals surface area (Å²) in [6, 6.07) is 9.51. The number of carbonyl (C=O) groups is 3. The van der Waals surface area contributed by atoms with Crippen LogP contribution in [0.1, 0.15) is 74.2 Å². The Morgan fingerprint density at radius 1 is 0.931 bits per heavy atom. The van der Waals surface area contributed by atoms with Gasteiger partial charge in [0.1, 0.15) is 40.5 Å². The maximum absolute atomic E-state index is 15.3. The molecule has 8 rings (SSSR count). The number of primary amides is 1. The van der Waals surface area contributed by atoms with E-state index < -0.39 is 106 Å². The van der Waals surface area contributed by atoms with Gasteiger partial charge in [-0.2, -0.15) is 27.1 Å². The maximum Gasteiger partial charge on any atom is 0.435 e. The van der Waals surface area contributed by atoms with Gasteiger partial charge in [0.25, 0.3) is 11.8 Å². The van der Waals surface area contributed by atoms with E-state index in [1.807, 2.05) is 0 Å². The van der Waals surface area contributed by atoms with Gasteiger partial charge in [-0.1, -0.05) is 6.07 Å². The second-order valence-corrected chi connectivity index (χ2v) is 15.0. The minimum absolute atomic E-state index is 0.0131. The van der Waals surface area contributed by atoms with Gasteiger partial charge >= 0.3 is 6.18 Å². The van der Waals surface area contributed by atoms with Crippen molar-refractivity contribution >= 4 is 39.3 Å². The number of thiazole rings is 1. The van der Waals surface area contributed by atoms with Gasteiger partial charge in [-0.05, 0) is 85.3 Å². The molecule has 1 unspecified atom stereocenters. The molecule has 6 aromatic rings. The first kappa shape index (κ1) is 38.7. The molecule has 0 saturated heterocycles. The van der Waals surface area contributed by atoms with Gasteiger partial charge in [0.2, 0.25) is 5.91 Å². The lowest BCUT2D eigenvalue weighted by Crippen LogP contribution is -2.35. The normalized spacial score (nSPS) is 17.2. The summed E-state index contributed by atoms with van der Waals surface area (Å²) in [5.41, 5.74) is 1.70. The minimum atomic E-state index is -5.10. The van der Waals surface area contributed by atoms with Crippen LogP contribution in [0.15, 0.2) is 60.7 Å². The number of pyridine rings is 1. The monoisotopic (exact) mass is 828 g/mol. The number of alkyl halides is 5. The molecule has 0 radical (unpaired) electrons. The molecule has 3 heterocycles. The number of amides is 2. The Labute approximate surface area is 324 Å². The molecule has 9 nitrogen and oxygen atoms in total. The number of carbonyl (C=O) groups excluding carboxylic acids is 3. The zero-order chi connectivity index (χ0) is 41.6. The first-order valence-corrected chi connectivity index (χ1v) is 18.1. The van der Waals surface area contributed by atoms with Gasteiger partial charge in [0.05, 0.1) is 27.6 Å². The molecule has 2 aliphatic carbocycles. The predicted octanol–water partition coefficient (Wildman–Crippen LogP) is 8.41. The molecule has 1 fully saturated rings. The summed E-state index contributed by atoms with van der Waals surface area (Å²) >= 11 is 1.01. The van der Waals surface area contributed by atoms with Crippen LogP contribution in [-0.4, -0.2) is 37.3 Å². The zero-order valence-corrected chi connectivity index (χ0v) is 30.3. The third-order valence-electron chi connectivity index (χ3n) is 10.1. The molecule has 298 valence electrons. The van der Waals surface area contributed by atoms with E-state index in [2.05, 4.69) is 20.4 Å². The summed E-state index contributed by atoms with van der Waals surface area (Å²) in [5, 5.41) is 6.16. The molecule has 0 spiro atoms. The highest BCUT2D eigenvalue weighted by Gasteiger charge is 2.68. The van der Waals surface area contributed by atoms with E-state index in [1.54, 1.807) is 0 Å². The number of hydrogen-bond acceptors (Lipinski definition) is 7. The number of nitrogens with zero attached hydrogens (tertiary/aromatic N) is 4. The van der Waals surface area contributed by atoms with E-state index in [1.165, 1.54) is 30.3 Å². The van der Waals surface area contributed by atoms with Crippen molar-refractivity contribution in [2.45, 2.75) is 50.4 Å². The number of hydrogen-bond donors (Lipinski definition) is 2. The van der Waals surface area contributed by atoms with Crippen molar-refractivity contribution in [2.24, 2.45) is 11.7 Å². The molecule has 3 atom stereocenters. The summed E-state index contributed by atoms with van der Waals surface area (Å²) in [4.78, 5) is 47.3. The van der Waals surface area contributed by atoms with Crippen LogP contribution in [0.3, 0.4) is 0 Å². The lowest BCUT2D eigenvalue weighted by molar-refractivity contribution is -0.142. The van der Waals surface area contributed by atoms with Gasteiger partial charge in [-0.15, -0.1) is 11.3 Å². The fraction of sp³-hybridized carbons (Fsp3) is 0.231. The highest BCUT2D eigenvalue weighted by atomic mass is 32.1. The summed E-state index contributed by atoms with van der Waals surface area (Å²) < 4.78 is 132. The molecular formula is C39H25F9N6O3S. The Bertz CT molecular complexity index is 2710. The number of benzene rings is 3. The van der Waals surface area contributed by atoms with Crippen molar-refractivity contribution in [3.63, 3.8) is 0 Å². The van der Waals surface area contributed by atoms with Crippen molar-refractivity contribution in [1.82, 2.24) is 25.1 Å². The van der Waals surface area contributed by atoms with E-state index >= 15 is 8.78 Å². The molecule has 2 aliphatic rings. The summed E-state index contributed by atoms with van der Waals surface area (Å²) in [6.45, 7) is -0.00845. The zero-order valence-electron chi connectivity index (χ0n) is 29.5. The van der Waals surface area contributed by atoms with Crippen LogP contribution in [0, 0.1) is 29.2 Å². The lowest BCUT2D eigenvalue weighted by atomic mass is 9.94. The predicted molar refractivity (Wildman–Crippen MR) is 190 cm³/mol. The number of rotatable bonds is 10. The number of aromatic nitrogens is 4. The number of halogens is 9. The summed E-state index contributed by atoms with van der Waals surface area (Å²) in [6.07, 6.45) is -5.73. The molecular weight excluding hydrogens is 804 g/mol. The van der Waals surface area contributed by atoms with Crippen LogP contribution in [0.5, 0.6) is 0 Å². The number of nitrogens with two attached hydrogens (primary N) is 1. The van der Waals surface area contributed by atoms with E-state index in [0.717, 1.165) is 42.5 Å². The number of ketones is 1. The Kier molecular flexibility index (Phi) is 9.20. The van der Waals surface area contributed by atoms with Crippen LogP contribution in [-0.2, 0) is 29.9 Å². The molecule has 1 saturated carbocycles. The highest BCUT2D eigenvalue weighted by Crippen LogP contribution is 2.68. The fourth-order valence-electron chi connectivity index (χ4n) is 7.46. The molecule has 3 N–H and O–H groups in total. The van der Waals surface area contributed by atoms with Gasteiger partial charge in [0.15, 0.2) is 17.1 Å². The number of Topliss-reactive ketones (excluding diaryl/α,β-unsaturated/α-hetero) is 1. The highest BCUT2D eigenvalue weighted by molar-refractivity contribution is 7.21. The van der Waals surface area contributed by atoms with Crippen molar-refractivity contribution in [3.05, 3.63) is 123 Å². The standard InChI is InChI=1S/C39H25F9N6O3S/c1-15(55)21-9-17(2-4-26(21)42)22-13-29-36(52-37(58-29)18-3-5-27(43)24(10-18)35(49)57)51-32(22)28(8-16-6-19(40)11-20(41)7-16)50-30(56)14-54-34-31(33(53-54)39(46,47)48)23-12-25(23)38(34,44)45/h2-7,9-11,13,23,25,28H,8,12,14H2,1H3,(H2,49,57)(H,50,56)/t23-,25+,28?/m0/s1. The fourth-order valence-corrected chi connectivity index (χ4v) is 8.40. The second kappa shape index (κ2) is 13.8. The Hall–Kier alpha value is -6.11. The van der Waals surface area contributed by atoms with Gasteiger partial charge in [0, 0.05) is 28.7 Å². The quantitative estimate of drug-likeness (QED) is 0.105. The van der Waals surface area contributed by atoms with Gasteiger partial charge in [-0.3, -0.25) is 19.1 Å². The Morgan fingerprint density at radius 3 is 2.24 bits per heavy atom. The van der Waals surface area contributed by atoms with E-state index in [-0.39, 0.29) is 50.6 Å². The number of nitrogens with one attached hydrogen (secondary N) is 1. The SMILES string of the molecule is CC(=O)c1cc(-c2cc3sc(-c4ccc(F)c(C(N)=O)c4)nc3nc2C(Cc2cc(F)cc(F)c2)NC(=O)Cn2nc(C(F)(F)F)c3c2C(F)(F)[C@@H]2C[C@H]32)ccc1F. The van der Waals surface area contributed by atoms with Crippen LogP contribution < -0.4 is 11.1 Å². The third-order valence-corrected chi connectivity index (χ3v) is 11.1.